The monoisotopic (exact) mass is 207 g/mol. The summed E-state index contributed by atoms with van der Waals surface area (Å²) >= 11 is 0. The second-order valence-corrected chi connectivity index (χ2v) is 3.35. The van der Waals surface area contributed by atoms with E-state index in [0.717, 1.165) is 25.1 Å². The number of carbonyl (C=O) groups is 1. The molecule has 1 heterocycles. The highest BCUT2D eigenvalue weighted by Gasteiger charge is 2.04. The van der Waals surface area contributed by atoms with Crippen LogP contribution in [-0.4, -0.2) is 17.4 Å². The molecule has 0 fully saturated rings. The first-order valence-corrected chi connectivity index (χ1v) is 5.21. The molecule has 0 saturated heterocycles. The quantitative estimate of drug-likeness (QED) is 0.710. The van der Waals surface area contributed by atoms with Gasteiger partial charge in [-0.15, -0.1) is 0 Å². The minimum atomic E-state index is -0.0550. The average molecular weight is 207 g/mol. The highest BCUT2D eigenvalue weighted by molar-refractivity contribution is 5.94. The maximum atomic E-state index is 11.6. The summed E-state index contributed by atoms with van der Waals surface area (Å²) in [6, 6.07) is 3.42. The Morgan fingerprint density at radius 3 is 3.07 bits per heavy atom. The van der Waals surface area contributed by atoms with Gasteiger partial charge in [0, 0.05) is 24.8 Å². The third-order valence-corrected chi connectivity index (χ3v) is 2.10. The van der Waals surface area contributed by atoms with Crippen molar-refractivity contribution in [3.8, 4) is 0 Å². The third kappa shape index (κ3) is 3.67. The Balaban J connectivity index is 2.57. The summed E-state index contributed by atoms with van der Waals surface area (Å²) in [6.45, 7) is 3.16. The molecule has 1 rings (SSSR count). The van der Waals surface area contributed by atoms with E-state index in [9.17, 15) is 4.79 Å². The zero-order valence-electron chi connectivity index (χ0n) is 8.99. The summed E-state index contributed by atoms with van der Waals surface area (Å²) in [5.74, 6) is -0.0550. The zero-order chi connectivity index (χ0) is 11.1. The number of hydrogen-bond acceptors (Lipinski definition) is 3. The number of hydrogen-bond donors (Lipinski definition) is 2. The standard InChI is InChI=1S/C11H17N3O/c1-2-3-5-14-11(15)9-4-6-13-10(7-9)8-12/h4,6-7H,2-3,5,8,12H2,1H3,(H,14,15). The number of nitrogens with one attached hydrogen (secondary N) is 1. The fourth-order valence-corrected chi connectivity index (χ4v) is 1.21. The largest absolute Gasteiger partial charge is 0.352 e. The number of unbranched alkanes of at least 4 members (excludes halogenated alkanes) is 1. The van der Waals surface area contributed by atoms with Crippen LogP contribution in [0, 0.1) is 0 Å². The van der Waals surface area contributed by atoms with E-state index in [1.165, 1.54) is 0 Å². The second kappa shape index (κ2) is 6.14. The molecule has 0 saturated carbocycles. The minimum absolute atomic E-state index is 0.0550. The number of amides is 1. The van der Waals surface area contributed by atoms with Gasteiger partial charge in [-0.1, -0.05) is 13.3 Å². The van der Waals surface area contributed by atoms with Gasteiger partial charge in [0.05, 0.1) is 5.69 Å². The molecule has 3 N–H and O–H groups in total. The molecule has 0 bridgehead atoms. The fourth-order valence-electron chi connectivity index (χ4n) is 1.21. The summed E-state index contributed by atoms with van der Waals surface area (Å²) in [5, 5.41) is 2.84. The number of pyridine rings is 1. The van der Waals surface area contributed by atoms with Crippen molar-refractivity contribution in [2.75, 3.05) is 6.54 Å². The van der Waals surface area contributed by atoms with Gasteiger partial charge < -0.3 is 11.1 Å². The maximum absolute atomic E-state index is 11.6. The molecule has 1 aromatic heterocycles. The van der Waals surface area contributed by atoms with Crippen LogP contribution in [0.2, 0.25) is 0 Å². The van der Waals surface area contributed by atoms with Crippen LogP contribution >= 0.6 is 0 Å². The Kier molecular flexibility index (Phi) is 4.77. The highest BCUT2D eigenvalue weighted by Crippen LogP contribution is 2.01. The van der Waals surface area contributed by atoms with Crippen LogP contribution in [0.5, 0.6) is 0 Å². The van der Waals surface area contributed by atoms with Gasteiger partial charge in [-0.25, -0.2) is 0 Å². The number of nitrogens with two attached hydrogens (primary N) is 1. The number of aromatic nitrogens is 1. The third-order valence-electron chi connectivity index (χ3n) is 2.10. The SMILES string of the molecule is CCCCNC(=O)c1ccnc(CN)c1. The van der Waals surface area contributed by atoms with E-state index < -0.39 is 0 Å². The Labute approximate surface area is 89.9 Å². The van der Waals surface area contributed by atoms with Crippen LogP contribution in [-0.2, 0) is 6.54 Å². The predicted octanol–water partition coefficient (Wildman–Crippen LogP) is 1.07. The van der Waals surface area contributed by atoms with Crippen molar-refractivity contribution in [2.24, 2.45) is 5.73 Å². The van der Waals surface area contributed by atoms with Gasteiger partial charge in [-0.2, -0.15) is 0 Å². The van der Waals surface area contributed by atoms with Crippen molar-refractivity contribution in [1.82, 2.24) is 10.3 Å². The Morgan fingerprint density at radius 2 is 2.40 bits per heavy atom. The van der Waals surface area contributed by atoms with E-state index >= 15 is 0 Å². The average Bonchev–Trinajstić information content (AvgIpc) is 2.29. The fraction of sp³-hybridized carbons (Fsp3) is 0.455. The first kappa shape index (κ1) is 11.7. The molecule has 0 aliphatic carbocycles. The smallest absolute Gasteiger partial charge is 0.251 e. The van der Waals surface area contributed by atoms with Crippen molar-refractivity contribution in [3.05, 3.63) is 29.6 Å². The van der Waals surface area contributed by atoms with Crippen LogP contribution in [0.4, 0.5) is 0 Å². The number of rotatable bonds is 5. The lowest BCUT2D eigenvalue weighted by Gasteiger charge is -2.04. The molecule has 1 amide bonds. The lowest BCUT2D eigenvalue weighted by molar-refractivity contribution is 0.0953. The lowest BCUT2D eigenvalue weighted by Crippen LogP contribution is -2.24. The first-order valence-electron chi connectivity index (χ1n) is 5.21. The summed E-state index contributed by atoms with van der Waals surface area (Å²) in [7, 11) is 0. The number of nitrogens with zero attached hydrogens (tertiary/aromatic N) is 1. The molecule has 0 spiro atoms. The molecule has 0 radical (unpaired) electrons. The van der Waals surface area contributed by atoms with Gasteiger partial charge in [0.15, 0.2) is 0 Å². The molecule has 0 unspecified atom stereocenters. The highest BCUT2D eigenvalue weighted by atomic mass is 16.1. The van der Waals surface area contributed by atoms with Gasteiger partial charge in [0.25, 0.3) is 5.91 Å². The van der Waals surface area contributed by atoms with E-state index in [1.54, 1.807) is 18.3 Å². The zero-order valence-corrected chi connectivity index (χ0v) is 8.99. The van der Waals surface area contributed by atoms with Crippen LogP contribution in [0.3, 0.4) is 0 Å². The molecular formula is C11H17N3O. The van der Waals surface area contributed by atoms with Crippen LogP contribution in [0.15, 0.2) is 18.3 Å². The van der Waals surface area contributed by atoms with Crippen molar-refractivity contribution >= 4 is 5.91 Å². The molecule has 82 valence electrons. The van der Waals surface area contributed by atoms with Crippen molar-refractivity contribution in [3.63, 3.8) is 0 Å². The second-order valence-electron chi connectivity index (χ2n) is 3.35. The molecule has 0 aliphatic rings. The number of carbonyl (C=O) groups excluding carboxylic acids is 1. The topological polar surface area (TPSA) is 68.0 Å². The lowest BCUT2D eigenvalue weighted by atomic mass is 10.2. The summed E-state index contributed by atoms with van der Waals surface area (Å²) in [4.78, 5) is 15.6. The molecule has 0 aromatic carbocycles. The van der Waals surface area contributed by atoms with Crippen LogP contribution in [0.25, 0.3) is 0 Å². The van der Waals surface area contributed by atoms with Crippen molar-refractivity contribution < 1.29 is 4.79 Å². The summed E-state index contributed by atoms with van der Waals surface area (Å²) in [5.41, 5.74) is 6.81. The molecule has 4 nitrogen and oxygen atoms in total. The molecular weight excluding hydrogens is 190 g/mol. The molecule has 1 aromatic rings. The summed E-state index contributed by atoms with van der Waals surface area (Å²) in [6.07, 6.45) is 3.68. The van der Waals surface area contributed by atoms with E-state index in [2.05, 4.69) is 17.2 Å². The summed E-state index contributed by atoms with van der Waals surface area (Å²) < 4.78 is 0. The Hall–Kier alpha value is -1.42. The van der Waals surface area contributed by atoms with E-state index in [-0.39, 0.29) is 5.91 Å². The van der Waals surface area contributed by atoms with Gasteiger partial charge in [-0.05, 0) is 18.6 Å². The van der Waals surface area contributed by atoms with Crippen molar-refractivity contribution in [1.29, 1.82) is 0 Å². The Morgan fingerprint density at radius 1 is 1.60 bits per heavy atom. The van der Waals surface area contributed by atoms with E-state index in [4.69, 9.17) is 5.73 Å². The van der Waals surface area contributed by atoms with Gasteiger partial charge in [0.2, 0.25) is 0 Å². The predicted molar refractivity (Wildman–Crippen MR) is 59.4 cm³/mol. The Bertz CT molecular complexity index is 325. The van der Waals surface area contributed by atoms with Gasteiger partial charge in [-0.3, -0.25) is 9.78 Å². The van der Waals surface area contributed by atoms with Crippen LogP contribution < -0.4 is 11.1 Å². The molecule has 15 heavy (non-hydrogen) atoms. The normalized spacial score (nSPS) is 10.0. The maximum Gasteiger partial charge on any atom is 0.251 e. The van der Waals surface area contributed by atoms with E-state index in [0.29, 0.717) is 12.1 Å². The van der Waals surface area contributed by atoms with E-state index in [1.807, 2.05) is 0 Å². The molecule has 0 aliphatic heterocycles. The molecule has 4 heteroatoms. The van der Waals surface area contributed by atoms with Crippen LogP contribution in [0.1, 0.15) is 35.8 Å². The minimum Gasteiger partial charge on any atom is -0.352 e. The van der Waals surface area contributed by atoms with Gasteiger partial charge in [0.1, 0.15) is 0 Å². The molecule has 0 atom stereocenters. The van der Waals surface area contributed by atoms with Crippen molar-refractivity contribution in [2.45, 2.75) is 26.3 Å². The van der Waals surface area contributed by atoms with Gasteiger partial charge >= 0.3 is 0 Å². The first-order chi connectivity index (χ1) is 7.27.